The van der Waals surface area contributed by atoms with Crippen LogP contribution in [-0.2, 0) is 11.2 Å². The largest absolute Gasteiger partial charge is 0.496 e. The molecule has 2 aromatic carbocycles. The summed E-state index contributed by atoms with van der Waals surface area (Å²) >= 11 is 3.44. The predicted octanol–water partition coefficient (Wildman–Crippen LogP) is 3.55. The molecule has 24 heavy (non-hydrogen) atoms. The third kappa shape index (κ3) is 5.09. The Bertz CT molecular complexity index is 732. The van der Waals surface area contributed by atoms with E-state index in [1.807, 2.05) is 42.5 Å². The Morgan fingerprint density at radius 1 is 1.25 bits per heavy atom. The van der Waals surface area contributed by atoms with Crippen molar-refractivity contribution >= 4 is 28.1 Å². The molecule has 1 amide bonds. The molecule has 0 atom stereocenters. The fourth-order valence-corrected chi connectivity index (χ4v) is 2.54. The Hall–Kier alpha value is -2.34. The second-order valence-corrected chi connectivity index (χ2v) is 5.80. The Kier molecular flexibility index (Phi) is 6.81. The van der Waals surface area contributed by atoms with Crippen molar-refractivity contribution < 1.29 is 14.3 Å². The summed E-state index contributed by atoms with van der Waals surface area (Å²) in [5, 5.41) is 3.92. The molecule has 0 saturated heterocycles. The molecule has 126 valence electrons. The van der Waals surface area contributed by atoms with E-state index in [-0.39, 0.29) is 12.5 Å². The monoisotopic (exact) mass is 390 g/mol. The van der Waals surface area contributed by atoms with Crippen molar-refractivity contribution in [3.8, 4) is 11.5 Å². The highest BCUT2D eigenvalue weighted by atomic mass is 79.9. The lowest BCUT2D eigenvalue weighted by Gasteiger charge is -2.08. The van der Waals surface area contributed by atoms with Crippen LogP contribution in [0.15, 0.2) is 52.0 Å². The Labute approximate surface area is 149 Å². The van der Waals surface area contributed by atoms with E-state index in [0.717, 1.165) is 16.5 Å². The van der Waals surface area contributed by atoms with E-state index in [1.54, 1.807) is 7.11 Å². The van der Waals surface area contributed by atoms with Gasteiger partial charge in [-0.25, -0.2) is 5.43 Å². The third-order valence-electron chi connectivity index (χ3n) is 3.30. The molecule has 0 spiro atoms. The molecule has 5 nitrogen and oxygen atoms in total. The highest BCUT2D eigenvalue weighted by Crippen LogP contribution is 2.26. The number of ether oxygens (including phenoxy) is 2. The summed E-state index contributed by atoms with van der Waals surface area (Å²) in [6, 6.07) is 13.2. The lowest BCUT2D eigenvalue weighted by atomic mass is 10.2. The lowest BCUT2D eigenvalue weighted by Crippen LogP contribution is -2.24. The summed E-state index contributed by atoms with van der Waals surface area (Å²) in [5.74, 6) is 0.968. The van der Waals surface area contributed by atoms with Crippen LogP contribution in [0, 0.1) is 0 Å². The number of hydrazone groups is 1. The number of rotatable bonds is 7. The summed E-state index contributed by atoms with van der Waals surface area (Å²) in [6.07, 6.45) is 2.47. The molecule has 1 N–H and O–H groups in total. The van der Waals surface area contributed by atoms with Crippen LogP contribution in [0.3, 0.4) is 0 Å². The van der Waals surface area contributed by atoms with Crippen molar-refractivity contribution in [2.75, 3.05) is 13.7 Å². The molecule has 6 heteroatoms. The molecular formula is C18H19BrN2O3. The zero-order valence-electron chi connectivity index (χ0n) is 13.6. The minimum atomic E-state index is -0.340. The maximum absolute atomic E-state index is 11.8. The van der Waals surface area contributed by atoms with Gasteiger partial charge in [-0.15, -0.1) is 0 Å². The summed E-state index contributed by atoms with van der Waals surface area (Å²) in [4.78, 5) is 11.8. The van der Waals surface area contributed by atoms with Gasteiger partial charge in [0.15, 0.2) is 6.61 Å². The van der Waals surface area contributed by atoms with Gasteiger partial charge in [-0.2, -0.15) is 5.10 Å². The Morgan fingerprint density at radius 3 is 2.75 bits per heavy atom. The quantitative estimate of drug-likeness (QED) is 0.580. The van der Waals surface area contributed by atoms with Crippen molar-refractivity contribution in [1.82, 2.24) is 5.43 Å². The van der Waals surface area contributed by atoms with Crippen LogP contribution in [0.25, 0.3) is 0 Å². The SMILES string of the molecule is CCc1ccc(OCC(=O)N/N=C/c2ccccc2OC)c(Br)c1. The molecule has 0 aliphatic carbocycles. The van der Waals surface area contributed by atoms with E-state index >= 15 is 0 Å². The number of carbonyl (C=O) groups is 1. The van der Waals surface area contributed by atoms with E-state index in [1.165, 1.54) is 11.8 Å². The van der Waals surface area contributed by atoms with E-state index in [9.17, 15) is 4.79 Å². The van der Waals surface area contributed by atoms with E-state index in [2.05, 4.69) is 33.4 Å². The van der Waals surface area contributed by atoms with Crippen LogP contribution in [0.5, 0.6) is 11.5 Å². The highest BCUT2D eigenvalue weighted by Gasteiger charge is 2.06. The Morgan fingerprint density at radius 2 is 2.04 bits per heavy atom. The number of benzene rings is 2. The summed E-state index contributed by atoms with van der Waals surface area (Å²) in [7, 11) is 1.58. The number of carbonyl (C=O) groups excluding carboxylic acids is 1. The number of amides is 1. The summed E-state index contributed by atoms with van der Waals surface area (Å²) < 4.78 is 11.5. The average molecular weight is 391 g/mol. The molecule has 0 radical (unpaired) electrons. The summed E-state index contributed by atoms with van der Waals surface area (Å²) in [6.45, 7) is 1.96. The van der Waals surface area contributed by atoms with Gasteiger partial charge in [0.1, 0.15) is 11.5 Å². The van der Waals surface area contributed by atoms with Gasteiger partial charge >= 0.3 is 0 Å². The number of aryl methyl sites for hydroxylation is 1. The van der Waals surface area contributed by atoms with E-state index < -0.39 is 0 Å². The van der Waals surface area contributed by atoms with Crippen LogP contribution in [0.1, 0.15) is 18.1 Å². The molecule has 2 rings (SSSR count). The van der Waals surface area contributed by atoms with Gasteiger partial charge in [-0.1, -0.05) is 25.1 Å². The van der Waals surface area contributed by atoms with Gasteiger partial charge in [-0.3, -0.25) is 4.79 Å². The van der Waals surface area contributed by atoms with E-state index in [4.69, 9.17) is 9.47 Å². The minimum Gasteiger partial charge on any atom is -0.496 e. The second kappa shape index (κ2) is 9.08. The number of halogens is 1. The van der Waals surface area contributed by atoms with Gasteiger partial charge in [0.2, 0.25) is 0 Å². The van der Waals surface area contributed by atoms with Crippen LogP contribution in [-0.4, -0.2) is 25.8 Å². The predicted molar refractivity (Wildman–Crippen MR) is 97.7 cm³/mol. The number of hydrogen-bond donors (Lipinski definition) is 1. The van der Waals surface area contributed by atoms with Crippen LogP contribution in [0.4, 0.5) is 0 Å². The molecule has 2 aromatic rings. The fourth-order valence-electron chi connectivity index (χ4n) is 2.00. The normalized spacial score (nSPS) is 10.6. The third-order valence-corrected chi connectivity index (χ3v) is 3.91. The van der Waals surface area contributed by atoms with Gasteiger partial charge in [-0.05, 0) is 52.2 Å². The van der Waals surface area contributed by atoms with Crippen molar-refractivity contribution in [3.05, 3.63) is 58.1 Å². The van der Waals surface area contributed by atoms with Crippen LogP contribution in [0.2, 0.25) is 0 Å². The number of nitrogens with zero attached hydrogens (tertiary/aromatic N) is 1. The maximum atomic E-state index is 11.8. The topological polar surface area (TPSA) is 59.9 Å². The highest BCUT2D eigenvalue weighted by molar-refractivity contribution is 9.10. The van der Waals surface area contributed by atoms with Gasteiger partial charge in [0.25, 0.3) is 5.91 Å². The summed E-state index contributed by atoms with van der Waals surface area (Å²) in [5.41, 5.74) is 4.40. The molecule has 0 fully saturated rings. The first-order chi connectivity index (χ1) is 11.6. The van der Waals surface area contributed by atoms with E-state index in [0.29, 0.717) is 11.5 Å². The standard InChI is InChI=1S/C18H19BrN2O3/c1-3-13-8-9-17(15(19)10-13)24-12-18(22)21-20-11-14-6-4-5-7-16(14)23-2/h4-11H,3,12H2,1-2H3,(H,21,22)/b20-11+. The molecular weight excluding hydrogens is 372 g/mol. The molecule has 0 saturated carbocycles. The van der Waals surface area contributed by atoms with Gasteiger partial charge in [0, 0.05) is 5.56 Å². The number of para-hydroxylation sites is 1. The molecule has 0 heterocycles. The smallest absolute Gasteiger partial charge is 0.277 e. The van der Waals surface area contributed by atoms with Gasteiger partial charge in [0.05, 0.1) is 17.8 Å². The first-order valence-corrected chi connectivity index (χ1v) is 8.29. The first-order valence-electron chi connectivity index (χ1n) is 7.50. The minimum absolute atomic E-state index is 0.118. The number of nitrogens with one attached hydrogen (secondary N) is 1. The van der Waals surface area contributed by atoms with Crippen molar-refractivity contribution in [1.29, 1.82) is 0 Å². The van der Waals surface area contributed by atoms with Crippen molar-refractivity contribution in [2.24, 2.45) is 5.10 Å². The second-order valence-electron chi connectivity index (χ2n) is 4.94. The van der Waals surface area contributed by atoms with Crippen LogP contribution >= 0.6 is 15.9 Å². The average Bonchev–Trinajstić information content (AvgIpc) is 2.61. The number of hydrogen-bond acceptors (Lipinski definition) is 4. The molecule has 0 aromatic heterocycles. The zero-order chi connectivity index (χ0) is 17.4. The molecule has 0 bridgehead atoms. The van der Waals surface area contributed by atoms with Crippen molar-refractivity contribution in [2.45, 2.75) is 13.3 Å². The first kappa shape index (κ1) is 18.0. The number of methoxy groups -OCH3 is 1. The molecule has 0 aliphatic heterocycles. The van der Waals surface area contributed by atoms with Crippen LogP contribution < -0.4 is 14.9 Å². The van der Waals surface area contributed by atoms with Crippen molar-refractivity contribution in [3.63, 3.8) is 0 Å². The zero-order valence-corrected chi connectivity index (χ0v) is 15.2. The molecule has 0 aliphatic rings. The van der Waals surface area contributed by atoms with Gasteiger partial charge < -0.3 is 9.47 Å². The molecule has 0 unspecified atom stereocenters. The fraction of sp³-hybridized carbons (Fsp3) is 0.222. The maximum Gasteiger partial charge on any atom is 0.277 e. The lowest BCUT2D eigenvalue weighted by molar-refractivity contribution is -0.123. The Balaban J connectivity index is 1.86.